The summed E-state index contributed by atoms with van der Waals surface area (Å²) in [5.41, 5.74) is -6.93. The number of esters is 1. The van der Waals surface area contributed by atoms with Crippen molar-refractivity contribution in [2.75, 3.05) is 0 Å². The van der Waals surface area contributed by atoms with Crippen molar-refractivity contribution in [2.24, 2.45) is 28.6 Å². The highest BCUT2D eigenvalue weighted by atomic mass is 32.2. The third-order valence-corrected chi connectivity index (χ3v) is 11.5. The molecule has 1 aromatic heterocycles. The number of carbonyl (C=O) groups excluding carboxylic acids is 4. The van der Waals surface area contributed by atoms with Gasteiger partial charge in [0.15, 0.2) is 22.8 Å². The van der Waals surface area contributed by atoms with Gasteiger partial charge in [-0.2, -0.15) is 0 Å². The first kappa shape index (κ1) is 29.0. The Balaban J connectivity index is 1.45. The summed E-state index contributed by atoms with van der Waals surface area (Å²) in [5.74, 6) is -3.71. The molecule has 0 spiro atoms. The summed E-state index contributed by atoms with van der Waals surface area (Å²) in [4.78, 5) is 53.0. The van der Waals surface area contributed by atoms with E-state index >= 15 is 8.78 Å². The highest BCUT2D eigenvalue weighted by Gasteiger charge is 2.78. The lowest BCUT2D eigenvalue weighted by molar-refractivity contribution is -0.227. The van der Waals surface area contributed by atoms with Crippen molar-refractivity contribution >= 4 is 33.7 Å². The fourth-order valence-electron chi connectivity index (χ4n) is 8.63. The van der Waals surface area contributed by atoms with E-state index in [-0.39, 0.29) is 30.6 Å². The Kier molecular flexibility index (Phi) is 6.70. The number of ketones is 1. The van der Waals surface area contributed by atoms with E-state index in [1.54, 1.807) is 32.1 Å². The number of alkyl halides is 2. The van der Waals surface area contributed by atoms with Gasteiger partial charge in [-0.05, 0) is 80.1 Å². The molecule has 9 atom stereocenters. The van der Waals surface area contributed by atoms with Crippen molar-refractivity contribution < 1.29 is 42.2 Å². The molecule has 9 unspecified atom stereocenters. The second-order valence-electron chi connectivity index (χ2n) is 12.6. The molecule has 0 aromatic carbocycles. The summed E-state index contributed by atoms with van der Waals surface area (Å²) in [7, 11) is 0. The molecule has 42 heavy (non-hydrogen) atoms. The van der Waals surface area contributed by atoms with Crippen LogP contribution in [0.4, 0.5) is 8.78 Å². The third-order valence-electron chi connectivity index (χ3n) is 10.7. The van der Waals surface area contributed by atoms with Crippen molar-refractivity contribution in [3.05, 3.63) is 71.8 Å². The minimum absolute atomic E-state index is 0.00325. The SMILES string of the molecule is CC1CC2C3CC(F)C4=CC(=O)C=CC4(C)C3(F)C(O)CC2(C)C1(OC(=O)C1=CC=CC1)C(=O)SC(=O)c1ccco1. The van der Waals surface area contributed by atoms with E-state index in [1.165, 1.54) is 37.5 Å². The first-order valence-electron chi connectivity index (χ1n) is 14.1. The van der Waals surface area contributed by atoms with Gasteiger partial charge in [-0.1, -0.05) is 38.2 Å². The second kappa shape index (κ2) is 9.71. The number of carbonyl (C=O) groups is 4. The van der Waals surface area contributed by atoms with Gasteiger partial charge in [0.25, 0.3) is 5.12 Å². The quantitative estimate of drug-likeness (QED) is 0.458. The molecule has 3 saturated carbocycles. The Morgan fingerprint density at radius 2 is 1.95 bits per heavy atom. The smallest absolute Gasteiger partial charge is 0.335 e. The Labute approximate surface area is 246 Å². The molecule has 0 radical (unpaired) electrons. The summed E-state index contributed by atoms with van der Waals surface area (Å²) in [6, 6.07) is 2.92. The molecule has 3 fully saturated rings. The van der Waals surface area contributed by atoms with Gasteiger partial charge in [-0.3, -0.25) is 14.4 Å². The van der Waals surface area contributed by atoms with Crippen LogP contribution in [0.25, 0.3) is 0 Å². The van der Waals surface area contributed by atoms with E-state index in [9.17, 15) is 24.3 Å². The zero-order valence-corrected chi connectivity index (χ0v) is 24.3. The van der Waals surface area contributed by atoms with Crippen LogP contribution in [0.3, 0.4) is 0 Å². The lowest BCUT2D eigenvalue weighted by Gasteiger charge is -2.63. The average molecular weight is 599 g/mol. The van der Waals surface area contributed by atoms with Crippen molar-refractivity contribution in [2.45, 2.75) is 70.0 Å². The van der Waals surface area contributed by atoms with Crippen LogP contribution >= 0.6 is 11.8 Å². The summed E-state index contributed by atoms with van der Waals surface area (Å²) in [6.45, 7) is 4.89. The molecule has 222 valence electrons. The molecular weight excluding hydrogens is 566 g/mol. The van der Waals surface area contributed by atoms with Crippen molar-refractivity contribution in [3.63, 3.8) is 0 Å². The molecule has 0 aliphatic heterocycles. The largest absolute Gasteiger partial charge is 0.460 e. The van der Waals surface area contributed by atoms with Crippen LogP contribution in [0, 0.1) is 28.6 Å². The zero-order valence-electron chi connectivity index (χ0n) is 23.5. The van der Waals surface area contributed by atoms with Crippen molar-refractivity contribution in [3.8, 4) is 0 Å². The van der Waals surface area contributed by atoms with E-state index in [0.29, 0.717) is 23.8 Å². The molecule has 5 aliphatic carbocycles. The zero-order chi connectivity index (χ0) is 30.2. The lowest BCUT2D eigenvalue weighted by Crippen LogP contribution is -2.70. The van der Waals surface area contributed by atoms with Gasteiger partial charge in [0, 0.05) is 28.2 Å². The van der Waals surface area contributed by atoms with E-state index < -0.39 is 74.1 Å². The molecule has 0 amide bonds. The highest BCUT2D eigenvalue weighted by Crippen LogP contribution is 2.72. The summed E-state index contributed by atoms with van der Waals surface area (Å²) in [5, 5.41) is 10.3. The van der Waals surface area contributed by atoms with Gasteiger partial charge in [0.05, 0.1) is 12.4 Å². The fraction of sp³-hybridized carbons (Fsp3) is 0.500. The number of aliphatic hydroxyl groups is 1. The maximum absolute atomic E-state index is 17.6. The number of aliphatic hydroxyl groups excluding tert-OH is 1. The Morgan fingerprint density at radius 3 is 2.62 bits per heavy atom. The van der Waals surface area contributed by atoms with E-state index in [1.807, 2.05) is 0 Å². The fourth-order valence-corrected chi connectivity index (χ4v) is 9.65. The second-order valence-corrected chi connectivity index (χ2v) is 13.5. The molecule has 1 aromatic rings. The number of halogens is 2. The monoisotopic (exact) mass is 598 g/mol. The summed E-state index contributed by atoms with van der Waals surface area (Å²) >= 11 is 0.353. The Hall–Kier alpha value is -3.11. The van der Waals surface area contributed by atoms with Crippen LogP contribution in [0.15, 0.2) is 70.4 Å². The van der Waals surface area contributed by atoms with E-state index in [0.717, 1.165) is 6.08 Å². The Morgan fingerprint density at radius 1 is 1.19 bits per heavy atom. The number of thioether (sulfide) groups is 1. The number of hydrogen-bond donors (Lipinski definition) is 1. The first-order chi connectivity index (χ1) is 19.8. The van der Waals surface area contributed by atoms with Crippen LogP contribution in [-0.2, 0) is 19.1 Å². The molecule has 0 saturated heterocycles. The number of ether oxygens (including phenoxy) is 1. The van der Waals surface area contributed by atoms with E-state index in [2.05, 4.69) is 0 Å². The first-order valence-corrected chi connectivity index (χ1v) is 15.0. The topological polar surface area (TPSA) is 111 Å². The van der Waals surface area contributed by atoms with Crippen molar-refractivity contribution in [1.29, 1.82) is 0 Å². The van der Waals surface area contributed by atoms with Crippen molar-refractivity contribution in [1.82, 2.24) is 0 Å². The van der Waals surface area contributed by atoms with Gasteiger partial charge in [0.2, 0.25) is 5.12 Å². The predicted molar refractivity (Wildman–Crippen MR) is 149 cm³/mol. The maximum Gasteiger partial charge on any atom is 0.335 e. The van der Waals surface area contributed by atoms with Gasteiger partial charge in [-0.15, -0.1) is 0 Å². The average Bonchev–Trinajstić information content (AvgIpc) is 3.70. The van der Waals surface area contributed by atoms with Gasteiger partial charge >= 0.3 is 5.97 Å². The minimum Gasteiger partial charge on any atom is -0.460 e. The molecule has 10 heteroatoms. The molecule has 0 bridgehead atoms. The third kappa shape index (κ3) is 3.73. The summed E-state index contributed by atoms with van der Waals surface area (Å²) < 4.78 is 44.8. The standard InChI is InChI=1S/C32H32F2O7S/c1-17-13-20-21-15-23(33)22-14-19(35)10-11-29(22,2)31(21,34)25(36)16-30(20,3)32(17,41-26(37)18-7-4-5-8-18)28(39)42-27(38)24-9-6-12-40-24/h4-7,9-12,14,17,20-21,23,25,36H,8,13,15-16H2,1-3H3. The predicted octanol–water partition coefficient (Wildman–Crippen LogP) is 5.41. The maximum atomic E-state index is 17.6. The molecule has 7 nitrogen and oxygen atoms in total. The number of fused-ring (bicyclic) bond motifs is 5. The lowest BCUT2D eigenvalue weighted by atomic mass is 9.44. The van der Waals surface area contributed by atoms with Crippen LogP contribution in [-0.4, -0.2) is 50.6 Å². The minimum atomic E-state index is -2.36. The molecule has 1 heterocycles. The van der Waals surface area contributed by atoms with Gasteiger partial charge in [-0.25, -0.2) is 13.6 Å². The number of hydrogen-bond acceptors (Lipinski definition) is 8. The highest BCUT2D eigenvalue weighted by molar-refractivity contribution is 8.26. The Bertz CT molecular complexity index is 1490. The molecule has 1 N–H and O–H groups in total. The normalized spacial score (nSPS) is 41.9. The number of rotatable bonds is 4. The number of furan rings is 1. The number of allylic oxidation sites excluding steroid dienone is 7. The summed E-state index contributed by atoms with van der Waals surface area (Å²) in [6.07, 6.45) is 6.57. The molecule has 5 aliphatic rings. The van der Waals surface area contributed by atoms with Gasteiger partial charge < -0.3 is 14.3 Å². The van der Waals surface area contributed by atoms with Gasteiger partial charge in [0.1, 0.15) is 6.17 Å². The van der Waals surface area contributed by atoms with Crippen LogP contribution < -0.4 is 0 Å². The molecule has 6 rings (SSSR count). The van der Waals surface area contributed by atoms with Crippen LogP contribution in [0.2, 0.25) is 0 Å². The van der Waals surface area contributed by atoms with Crippen LogP contribution in [0.1, 0.15) is 57.0 Å². The van der Waals surface area contributed by atoms with Crippen LogP contribution in [0.5, 0.6) is 0 Å². The van der Waals surface area contributed by atoms with E-state index in [4.69, 9.17) is 9.15 Å². The molecular formula is C32H32F2O7S.